The van der Waals surface area contributed by atoms with Crippen LogP contribution in [0.15, 0.2) is 101 Å². The number of fused-ring (bicyclic) bond motifs is 1. The van der Waals surface area contributed by atoms with E-state index in [0.717, 1.165) is 38.9 Å². The first-order chi connectivity index (χ1) is 18.0. The summed E-state index contributed by atoms with van der Waals surface area (Å²) in [4.78, 5) is 12.7. The molecule has 1 N–H and O–H groups in total. The van der Waals surface area contributed by atoms with Crippen LogP contribution in [0.5, 0.6) is 0 Å². The van der Waals surface area contributed by atoms with Gasteiger partial charge in [-0.25, -0.2) is 5.43 Å². The van der Waals surface area contributed by atoms with Crippen LogP contribution >= 0.6 is 23.4 Å². The summed E-state index contributed by atoms with van der Waals surface area (Å²) < 4.78 is 1.95. The molecule has 0 bridgehead atoms. The highest BCUT2D eigenvalue weighted by Gasteiger charge is 2.17. The Morgan fingerprint density at radius 3 is 2.46 bits per heavy atom. The number of carbonyl (C=O) groups is 1. The molecule has 0 atom stereocenters. The minimum atomic E-state index is -0.226. The third-order valence-corrected chi connectivity index (χ3v) is 7.07. The van der Waals surface area contributed by atoms with Crippen molar-refractivity contribution in [3.63, 3.8) is 0 Å². The van der Waals surface area contributed by atoms with Crippen LogP contribution in [-0.2, 0) is 4.79 Å². The van der Waals surface area contributed by atoms with Gasteiger partial charge in [-0.15, -0.1) is 10.2 Å². The van der Waals surface area contributed by atoms with E-state index in [1.807, 2.05) is 91.2 Å². The SMILES string of the molecule is C/C(=N\NC(=O)CSc1nnc(-c2ccc(Cl)cc2)n1-c1ccc(C)cc1)c1cccc2ccccc12. The molecule has 0 aliphatic carbocycles. The van der Waals surface area contributed by atoms with Crippen molar-refractivity contribution in [1.82, 2.24) is 20.2 Å². The molecule has 37 heavy (non-hydrogen) atoms. The number of hydrogen-bond acceptors (Lipinski definition) is 5. The number of thioether (sulfide) groups is 1. The van der Waals surface area contributed by atoms with Gasteiger partial charge in [-0.1, -0.05) is 83.5 Å². The summed E-state index contributed by atoms with van der Waals surface area (Å²) >= 11 is 7.39. The maximum atomic E-state index is 12.7. The number of rotatable bonds is 7. The molecule has 1 amide bonds. The third kappa shape index (κ3) is 5.58. The summed E-state index contributed by atoms with van der Waals surface area (Å²) in [7, 11) is 0. The van der Waals surface area contributed by atoms with E-state index in [0.29, 0.717) is 16.0 Å². The number of carbonyl (C=O) groups excluding carboxylic acids is 1. The van der Waals surface area contributed by atoms with Gasteiger partial charge in [0.2, 0.25) is 0 Å². The minimum absolute atomic E-state index is 0.136. The lowest BCUT2D eigenvalue weighted by Gasteiger charge is -2.11. The molecule has 0 saturated carbocycles. The lowest BCUT2D eigenvalue weighted by atomic mass is 10.0. The first-order valence-electron chi connectivity index (χ1n) is 11.7. The fraction of sp³-hybridized carbons (Fsp3) is 0.103. The van der Waals surface area contributed by atoms with E-state index in [9.17, 15) is 4.79 Å². The van der Waals surface area contributed by atoms with Crippen LogP contribution in [-0.4, -0.2) is 32.1 Å². The van der Waals surface area contributed by atoms with Crippen LogP contribution in [0.1, 0.15) is 18.1 Å². The molecule has 0 aliphatic rings. The summed E-state index contributed by atoms with van der Waals surface area (Å²) in [5.74, 6) is 0.584. The maximum Gasteiger partial charge on any atom is 0.250 e. The molecular formula is C29H24ClN5OS. The van der Waals surface area contributed by atoms with Gasteiger partial charge in [0.1, 0.15) is 0 Å². The number of nitrogens with zero attached hydrogens (tertiary/aromatic N) is 4. The van der Waals surface area contributed by atoms with E-state index in [1.165, 1.54) is 11.8 Å². The van der Waals surface area contributed by atoms with Gasteiger partial charge in [0, 0.05) is 21.8 Å². The second-order valence-corrected chi connectivity index (χ2v) is 9.91. The molecule has 0 fully saturated rings. The largest absolute Gasteiger partial charge is 0.272 e. The summed E-state index contributed by atoms with van der Waals surface area (Å²) in [6.45, 7) is 3.93. The number of benzene rings is 4. The Labute approximate surface area is 224 Å². The van der Waals surface area contributed by atoms with Crippen LogP contribution in [0.2, 0.25) is 5.02 Å². The first kappa shape index (κ1) is 24.7. The molecule has 0 aliphatic heterocycles. The summed E-state index contributed by atoms with van der Waals surface area (Å²) in [5.41, 5.74) is 7.35. The maximum absolute atomic E-state index is 12.7. The highest BCUT2D eigenvalue weighted by Crippen LogP contribution is 2.29. The van der Waals surface area contributed by atoms with Crippen LogP contribution in [0.25, 0.3) is 27.8 Å². The molecule has 0 saturated heterocycles. The summed E-state index contributed by atoms with van der Waals surface area (Å²) in [6, 6.07) is 29.7. The molecule has 6 nitrogen and oxygen atoms in total. The number of amides is 1. The van der Waals surface area contributed by atoms with E-state index in [1.54, 1.807) is 0 Å². The van der Waals surface area contributed by atoms with Crippen molar-refractivity contribution in [2.45, 2.75) is 19.0 Å². The lowest BCUT2D eigenvalue weighted by Crippen LogP contribution is -2.21. The van der Waals surface area contributed by atoms with Crippen molar-refractivity contribution in [3.8, 4) is 17.1 Å². The number of aromatic nitrogens is 3. The smallest absolute Gasteiger partial charge is 0.250 e. The Balaban J connectivity index is 1.35. The molecule has 184 valence electrons. The predicted molar refractivity (Wildman–Crippen MR) is 152 cm³/mol. The number of nitrogens with one attached hydrogen (secondary N) is 1. The zero-order valence-electron chi connectivity index (χ0n) is 20.4. The van der Waals surface area contributed by atoms with E-state index in [2.05, 4.69) is 38.9 Å². The molecule has 5 rings (SSSR count). The topological polar surface area (TPSA) is 72.2 Å². The molecule has 0 radical (unpaired) electrons. The van der Waals surface area contributed by atoms with Crippen molar-refractivity contribution in [3.05, 3.63) is 107 Å². The normalized spacial score (nSPS) is 11.6. The summed E-state index contributed by atoms with van der Waals surface area (Å²) in [5, 5.41) is 16.7. The monoisotopic (exact) mass is 525 g/mol. The van der Waals surface area contributed by atoms with Crippen molar-refractivity contribution in [2.24, 2.45) is 5.10 Å². The Morgan fingerprint density at radius 1 is 0.946 bits per heavy atom. The molecule has 5 aromatic rings. The van der Waals surface area contributed by atoms with Gasteiger partial charge >= 0.3 is 0 Å². The van der Waals surface area contributed by atoms with Crippen LogP contribution < -0.4 is 5.43 Å². The van der Waals surface area contributed by atoms with Crippen LogP contribution in [0, 0.1) is 6.92 Å². The van der Waals surface area contributed by atoms with Gasteiger partial charge in [-0.05, 0) is 61.0 Å². The van der Waals surface area contributed by atoms with Gasteiger partial charge in [-0.2, -0.15) is 5.10 Å². The quantitative estimate of drug-likeness (QED) is 0.146. The predicted octanol–water partition coefficient (Wildman–Crippen LogP) is 6.68. The molecule has 0 unspecified atom stereocenters. The second kappa shape index (κ2) is 11.0. The Kier molecular flexibility index (Phi) is 7.35. The third-order valence-electron chi connectivity index (χ3n) is 5.89. The molecule has 0 spiro atoms. The molecule has 1 aromatic heterocycles. The zero-order chi connectivity index (χ0) is 25.8. The van der Waals surface area contributed by atoms with Crippen molar-refractivity contribution >= 4 is 45.8 Å². The molecule has 1 heterocycles. The highest BCUT2D eigenvalue weighted by atomic mass is 35.5. The average molecular weight is 526 g/mol. The highest BCUT2D eigenvalue weighted by molar-refractivity contribution is 7.99. The Bertz CT molecular complexity index is 1590. The summed E-state index contributed by atoms with van der Waals surface area (Å²) in [6.07, 6.45) is 0. The Morgan fingerprint density at radius 2 is 1.68 bits per heavy atom. The van der Waals surface area contributed by atoms with Gasteiger partial charge in [0.15, 0.2) is 11.0 Å². The number of aryl methyl sites for hydroxylation is 1. The number of hydrazone groups is 1. The van der Waals surface area contributed by atoms with Crippen LogP contribution in [0.4, 0.5) is 0 Å². The molecule has 8 heteroatoms. The molecular weight excluding hydrogens is 502 g/mol. The van der Waals surface area contributed by atoms with Gasteiger partial charge in [0.05, 0.1) is 11.5 Å². The number of halogens is 1. The first-order valence-corrected chi connectivity index (χ1v) is 13.1. The van der Waals surface area contributed by atoms with Gasteiger partial charge in [0.25, 0.3) is 5.91 Å². The lowest BCUT2D eigenvalue weighted by molar-refractivity contribution is -0.118. The van der Waals surface area contributed by atoms with E-state index >= 15 is 0 Å². The number of hydrogen-bond donors (Lipinski definition) is 1. The molecule has 4 aromatic carbocycles. The van der Waals surface area contributed by atoms with Gasteiger partial charge < -0.3 is 0 Å². The van der Waals surface area contributed by atoms with Gasteiger partial charge in [-0.3, -0.25) is 9.36 Å². The van der Waals surface area contributed by atoms with E-state index in [4.69, 9.17) is 11.6 Å². The van der Waals surface area contributed by atoms with Crippen LogP contribution in [0.3, 0.4) is 0 Å². The average Bonchev–Trinajstić information content (AvgIpc) is 3.35. The van der Waals surface area contributed by atoms with E-state index < -0.39 is 0 Å². The van der Waals surface area contributed by atoms with E-state index in [-0.39, 0.29) is 11.7 Å². The van der Waals surface area contributed by atoms with Crippen molar-refractivity contribution in [2.75, 3.05) is 5.75 Å². The van der Waals surface area contributed by atoms with Crippen molar-refractivity contribution in [1.29, 1.82) is 0 Å². The Hall–Kier alpha value is -3.94. The van der Waals surface area contributed by atoms with Crippen molar-refractivity contribution < 1.29 is 4.79 Å². The second-order valence-electron chi connectivity index (χ2n) is 8.53. The standard InChI is InChI=1S/C29H24ClN5OS/c1-19-10-16-24(17-11-19)35-28(22-12-14-23(30)15-13-22)33-34-29(35)37-18-27(36)32-31-20(2)25-9-5-7-21-6-3-4-8-26(21)25/h3-17H,18H2,1-2H3,(H,32,36)/b31-20+. The zero-order valence-corrected chi connectivity index (χ0v) is 21.9. The fourth-order valence-corrected chi connectivity index (χ4v) is 4.86. The minimum Gasteiger partial charge on any atom is -0.272 e. The fourth-order valence-electron chi connectivity index (χ4n) is 3.99.